The van der Waals surface area contributed by atoms with E-state index in [4.69, 9.17) is 0 Å². The van der Waals surface area contributed by atoms with Gasteiger partial charge in [-0.1, -0.05) is 72.8 Å². The van der Waals surface area contributed by atoms with E-state index in [1.807, 2.05) is 49.2 Å². The second-order valence-corrected chi connectivity index (χ2v) is 4.81. The molecule has 1 nitrogen and oxygen atoms in total. The summed E-state index contributed by atoms with van der Waals surface area (Å²) in [5, 5.41) is 0. The highest BCUT2D eigenvalue weighted by Gasteiger charge is 2.02. The average Bonchev–Trinajstić information content (AvgIpc) is 2.80. The molecule has 20 heavy (non-hydrogen) atoms. The molecule has 0 spiro atoms. The number of fused-ring (bicyclic) bond motifs is 1. The molecule has 0 aromatic carbocycles. The van der Waals surface area contributed by atoms with Gasteiger partial charge in [-0.25, -0.2) is 4.58 Å². The zero-order chi connectivity index (χ0) is 14.2. The third kappa shape index (κ3) is 4.06. The first kappa shape index (κ1) is 14.0. The minimum Gasteiger partial charge on any atom is -0.241 e. The van der Waals surface area contributed by atoms with Crippen molar-refractivity contribution in [3.63, 3.8) is 0 Å². The fourth-order valence-electron chi connectivity index (χ4n) is 1.97. The van der Waals surface area contributed by atoms with Crippen molar-refractivity contribution >= 4 is 12.3 Å². The third-order valence-corrected chi connectivity index (χ3v) is 2.93. The van der Waals surface area contributed by atoms with E-state index in [0.717, 1.165) is 0 Å². The van der Waals surface area contributed by atoms with Crippen LogP contribution in [0.15, 0.2) is 72.8 Å². The van der Waals surface area contributed by atoms with Crippen molar-refractivity contribution < 1.29 is 4.58 Å². The van der Waals surface area contributed by atoms with Gasteiger partial charge in [-0.05, 0) is 16.7 Å². The number of rotatable bonds is 4. The summed E-state index contributed by atoms with van der Waals surface area (Å²) in [7, 11) is 4.02. The lowest BCUT2D eigenvalue weighted by Crippen LogP contribution is -1.94. The molecule has 0 aromatic rings. The van der Waals surface area contributed by atoms with Crippen molar-refractivity contribution in [1.82, 2.24) is 0 Å². The van der Waals surface area contributed by atoms with E-state index in [1.165, 1.54) is 16.7 Å². The first-order chi connectivity index (χ1) is 9.77. The minimum absolute atomic E-state index is 1.24. The Morgan fingerprint density at radius 3 is 2.30 bits per heavy atom. The van der Waals surface area contributed by atoms with Gasteiger partial charge in [0, 0.05) is 6.08 Å². The van der Waals surface area contributed by atoms with Crippen molar-refractivity contribution in [1.29, 1.82) is 0 Å². The Morgan fingerprint density at radius 2 is 1.45 bits per heavy atom. The highest BCUT2D eigenvalue weighted by Crippen LogP contribution is 2.26. The number of hydrogen-bond donors (Lipinski definition) is 0. The van der Waals surface area contributed by atoms with Gasteiger partial charge in [-0.15, -0.1) is 0 Å². The maximum atomic E-state index is 2.16. The Labute approximate surface area is 121 Å². The van der Waals surface area contributed by atoms with Crippen LogP contribution in [0.2, 0.25) is 0 Å². The highest BCUT2D eigenvalue weighted by atomic mass is 14.9. The smallest absolute Gasteiger partial charge is 0.162 e. The lowest BCUT2D eigenvalue weighted by Gasteiger charge is -1.96. The Morgan fingerprint density at radius 1 is 0.750 bits per heavy atom. The van der Waals surface area contributed by atoms with Gasteiger partial charge in [0.05, 0.1) is 0 Å². The number of nitrogens with zero attached hydrogens (tertiary/aromatic N) is 1. The van der Waals surface area contributed by atoms with Crippen LogP contribution in [0.1, 0.15) is 5.56 Å². The fourth-order valence-corrected chi connectivity index (χ4v) is 1.97. The summed E-state index contributed by atoms with van der Waals surface area (Å²) in [6, 6.07) is 14.8. The molecule has 0 N–H and O–H groups in total. The minimum atomic E-state index is 1.24. The summed E-state index contributed by atoms with van der Waals surface area (Å²) in [6.07, 6.45) is 14.3. The van der Waals surface area contributed by atoms with Crippen molar-refractivity contribution in [3.8, 4) is 11.1 Å². The molecule has 0 saturated carbocycles. The van der Waals surface area contributed by atoms with E-state index in [-0.39, 0.29) is 0 Å². The van der Waals surface area contributed by atoms with Crippen LogP contribution in [0.5, 0.6) is 0 Å². The normalized spacial score (nSPS) is 11.9. The molecule has 0 unspecified atom stereocenters. The molecule has 2 rings (SSSR count). The average molecular weight is 262 g/mol. The Bertz CT molecular complexity index is 641. The van der Waals surface area contributed by atoms with Crippen molar-refractivity contribution in [2.45, 2.75) is 0 Å². The molecule has 0 fully saturated rings. The zero-order valence-electron chi connectivity index (χ0n) is 12.0. The summed E-state index contributed by atoms with van der Waals surface area (Å²) in [5.74, 6) is 0. The number of hydrogen-bond acceptors (Lipinski definition) is 0. The predicted molar refractivity (Wildman–Crippen MR) is 88.6 cm³/mol. The topological polar surface area (TPSA) is 3.01 Å². The van der Waals surface area contributed by atoms with Crippen LogP contribution in [0.3, 0.4) is 0 Å². The van der Waals surface area contributed by atoms with E-state index >= 15 is 0 Å². The first-order valence-corrected chi connectivity index (χ1v) is 6.76. The van der Waals surface area contributed by atoms with Crippen molar-refractivity contribution in [2.24, 2.45) is 0 Å². The lowest BCUT2D eigenvalue weighted by molar-refractivity contribution is -0.458. The molecule has 100 valence electrons. The van der Waals surface area contributed by atoms with Crippen LogP contribution in [0.25, 0.3) is 17.2 Å². The standard InChI is InChI=1S/C19H20N/c1-20(2)16-9-5-3-4-6-11-17-12-7-8-13-18-14-10-15-19(17)18/h3-16H,1-2H3/q+1/b4-3+,9-5+,11-6+. The summed E-state index contributed by atoms with van der Waals surface area (Å²) in [5.41, 5.74) is 3.80. The highest BCUT2D eigenvalue weighted by molar-refractivity contribution is 5.77. The molecule has 0 heterocycles. The van der Waals surface area contributed by atoms with Gasteiger partial charge in [0.2, 0.25) is 0 Å². The summed E-state index contributed by atoms with van der Waals surface area (Å²) in [4.78, 5) is 0. The third-order valence-electron chi connectivity index (χ3n) is 2.93. The molecule has 0 aliphatic heterocycles. The van der Waals surface area contributed by atoms with Gasteiger partial charge in [0.25, 0.3) is 0 Å². The SMILES string of the molecule is C[N+](C)=C/C=C/C=C/C=C/c1ccccc2cccc1-2. The lowest BCUT2D eigenvalue weighted by atomic mass is 10.1. The Balaban J connectivity index is 2.06. The quantitative estimate of drug-likeness (QED) is 0.440. The molecular weight excluding hydrogens is 242 g/mol. The predicted octanol–water partition coefficient (Wildman–Crippen LogP) is 4.26. The summed E-state index contributed by atoms with van der Waals surface area (Å²) < 4.78 is 2.01. The van der Waals surface area contributed by atoms with Crippen LogP contribution in [-0.2, 0) is 0 Å². The van der Waals surface area contributed by atoms with Gasteiger partial charge in [-0.2, -0.15) is 0 Å². The van der Waals surface area contributed by atoms with Crippen LogP contribution in [0.4, 0.5) is 0 Å². The Hall–Kier alpha value is -2.41. The van der Waals surface area contributed by atoms with Gasteiger partial charge in [-0.3, -0.25) is 0 Å². The maximum absolute atomic E-state index is 2.16. The van der Waals surface area contributed by atoms with E-state index in [9.17, 15) is 0 Å². The molecule has 0 saturated heterocycles. The molecule has 1 heteroatoms. The molecule has 2 aliphatic rings. The van der Waals surface area contributed by atoms with Crippen LogP contribution >= 0.6 is 0 Å². The molecule has 0 radical (unpaired) electrons. The van der Waals surface area contributed by atoms with Gasteiger partial charge < -0.3 is 0 Å². The monoisotopic (exact) mass is 262 g/mol. The van der Waals surface area contributed by atoms with Crippen molar-refractivity contribution in [2.75, 3.05) is 14.1 Å². The molecule has 2 aliphatic carbocycles. The van der Waals surface area contributed by atoms with Crippen LogP contribution < -0.4 is 0 Å². The van der Waals surface area contributed by atoms with E-state index in [1.54, 1.807) is 0 Å². The number of allylic oxidation sites excluding steroid dienone is 5. The maximum Gasteiger partial charge on any atom is 0.162 e. The molecule has 0 bridgehead atoms. The zero-order valence-corrected chi connectivity index (χ0v) is 12.0. The van der Waals surface area contributed by atoms with Crippen LogP contribution in [-0.4, -0.2) is 24.9 Å². The largest absolute Gasteiger partial charge is 0.241 e. The first-order valence-electron chi connectivity index (χ1n) is 6.76. The molecule has 0 aromatic heterocycles. The molecule has 0 atom stereocenters. The van der Waals surface area contributed by atoms with Crippen molar-refractivity contribution in [3.05, 3.63) is 78.4 Å². The molecule has 0 amide bonds. The van der Waals surface area contributed by atoms with E-state index < -0.39 is 0 Å². The second kappa shape index (κ2) is 7.25. The van der Waals surface area contributed by atoms with E-state index in [0.29, 0.717) is 0 Å². The van der Waals surface area contributed by atoms with Gasteiger partial charge in [0.1, 0.15) is 14.1 Å². The summed E-state index contributed by atoms with van der Waals surface area (Å²) in [6.45, 7) is 0. The Kier molecular flexibility index (Phi) is 5.08. The second-order valence-electron chi connectivity index (χ2n) is 4.81. The van der Waals surface area contributed by atoms with E-state index in [2.05, 4.69) is 54.6 Å². The van der Waals surface area contributed by atoms with Gasteiger partial charge in [0.15, 0.2) is 6.21 Å². The summed E-state index contributed by atoms with van der Waals surface area (Å²) >= 11 is 0. The van der Waals surface area contributed by atoms with Gasteiger partial charge >= 0.3 is 0 Å². The van der Waals surface area contributed by atoms with Crippen LogP contribution in [0, 0.1) is 0 Å². The molecular formula is C19H20N+. The fraction of sp³-hybridized carbons (Fsp3) is 0.105.